The summed E-state index contributed by atoms with van der Waals surface area (Å²) < 4.78 is 5.76. The van der Waals surface area contributed by atoms with Crippen LogP contribution in [0.2, 0.25) is 5.02 Å². The lowest BCUT2D eigenvalue weighted by atomic mass is 10.0. The van der Waals surface area contributed by atoms with Crippen LogP contribution in [0.25, 0.3) is 0 Å². The minimum Gasteiger partial charge on any atom is -0.494 e. The number of halogens is 1. The van der Waals surface area contributed by atoms with Gasteiger partial charge in [-0.2, -0.15) is 4.98 Å². The van der Waals surface area contributed by atoms with E-state index < -0.39 is 0 Å². The van der Waals surface area contributed by atoms with Gasteiger partial charge in [-0.05, 0) is 62.4 Å². The SMILES string of the molecule is CNC(=O)c1ccccc1Nc1nc(Nc2ccc(N3CCN(CCCCCCCCNC(=O)CC4CCCC4)CC3)cc2OC)ncc1Cl. The number of ether oxygens (including phenoxy) is 1. The zero-order valence-corrected chi connectivity index (χ0v) is 30.4. The van der Waals surface area contributed by atoms with Gasteiger partial charge in [-0.1, -0.05) is 62.3 Å². The highest BCUT2D eigenvalue weighted by molar-refractivity contribution is 6.33. The molecule has 2 fully saturated rings. The summed E-state index contributed by atoms with van der Waals surface area (Å²) in [6.45, 7) is 5.99. The third-order valence-electron chi connectivity index (χ3n) is 9.74. The number of rotatable bonds is 18. The van der Waals surface area contributed by atoms with Crippen molar-refractivity contribution in [3.63, 3.8) is 0 Å². The van der Waals surface area contributed by atoms with Crippen molar-refractivity contribution in [3.8, 4) is 5.75 Å². The van der Waals surface area contributed by atoms with Gasteiger partial charge in [0.05, 0.1) is 30.2 Å². The Bertz CT molecular complexity index is 1540. The second-order valence-corrected chi connectivity index (χ2v) is 13.7. The van der Waals surface area contributed by atoms with Crippen LogP contribution in [0.15, 0.2) is 48.7 Å². The number of hydrogen-bond acceptors (Lipinski definition) is 9. The van der Waals surface area contributed by atoms with Crippen molar-refractivity contribution in [2.45, 2.75) is 70.6 Å². The van der Waals surface area contributed by atoms with E-state index in [4.69, 9.17) is 16.3 Å². The summed E-state index contributed by atoms with van der Waals surface area (Å²) in [7, 11) is 3.25. The molecular formula is C38H53ClN8O3. The van der Waals surface area contributed by atoms with Crippen LogP contribution in [0.3, 0.4) is 0 Å². The van der Waals surface area contributed by atoms with Gasteiger partial charge in [-0.15, -0.1) is 0 Å². The first-order valence-electron chi connectivity index (χ1n) is 18.2. The van der Waals surface area contributed by atoms with Crippen molar-refractivity contribution < 1.29 is 14.3 Å². The number of benzene rings is 2. The van der Waals surface area contributed by atoms with Gasteiger partial charge in [0, 0.05) is 57.9 Å². The second-order valence-electron chi connectivity index (χ2n) is 13.3. The summed E-state index contributed by atoms with van der Waals surface area (Å²) in [5.74, 6) is 2.07. The summed E-state index contributed by atoms with van der Waals surface area (Å²) >= 11 is 6.42. The van der Waals surface area contributed by atoms with Crippen LogP contribution in [-0.4, -0.2) is 80.1 Å². The van der Waals surface area contributed by atoms with Crippen LogP contribution in [-0.2, 0) is 4.79 Å². The molecule has 2 amide bonds. The smallest absolute Gasteiger partial charge is 0.253 e. The van der Waals surface area contributed by atoms with E-state index >= 15 is 0 Å². The number of para-hydroxylation sites is 1. The van der Waals surface area contributed by atoms with E-state index in [2.05, 4.69) is 47.1 Å². The Balaban J connectivity index is 1.02. The second kappa shape index (κ2) is 19.3. The molecule has 1 aliphatic carbocycles. The van der Waals surface area contributed by atoms with Crippen molar-refractivity contribution in [1.82, 2.24) is 25.5 Å². The summed E-state index contributed by atoms with van der Waals surface area (Å²) in [5, 5.41) is 12.5. The molecule has 0 atom stereocenters. The maximum Gasteiger partial charge on any atom is 0.253 e. The molecular weight excluding hydrogens is 652 g/mol. The predicted molar refractivity (Wildman–Crippen MR) is 202 cm³/mol. The number of methoxy groups -OCH3 is 1. The molecule has 2 aromatic carbocycles. The first-order valence-corrected chi connectivity index (χ1v) is 18.6. The van der Waals surface area contributed by atoms with Crippen molar-refractivity contribution in [2.24, 2.45) is 5.92 Å². The number of nitrogens with one attached hydrogen (secondary N) is 4. The molecule has 11 nitrogen and oxygen atoms in total. The molecule has 1 aromatic heterocycles. The normalized spacial score (nSPS) is 15.1. The lowest BCUT2D eigenvalue weighted by Gasteiger charge is -2.36. The van der Waals surface area contributed by atoms with E-state index in [9.17, 15) is 9.59 Å². The molecule has 1 saturated carbocycles. The molecule has 0 radical (unpaired) electrons. The van der Waals surface area contributed by atoms with Crippen LogP contribution in [0, 0.1) is 5.92 Å². The quantitative estimate of drug-likeness (QED) is 0.102. The fourth-order valence-corrected chi connectivity index (χ4v) is 6.98. The third-order valence-corrected chi connectivity index (χ3v) is 10.0. The Morgan fingerprint density at radius 1 is 0.920 bits per heavy atom. The Kier molecular flexibility index (Phi) is 14.4. The molecule has 12 heteroatoms. The number of nitrogens with zero attached hydrogens (tertiary/aromatic N) is 4. The van der Waals surface area contributed by atoms with Crippen molar-refractivity contribution in [2.75, 3.05) is 69.0 Å². The van der Waals surface area contributed by atoms with Crippen molar-refractivity contribution >= 4 is 52.2 Å². The standard InChI is InChI=1S/C38H53ClN8O3/c1-40-37(49)30-15-9-10-16-32(30)43-36-31(39)27-42-38(45-36)44-33-18-17-29(26-34(33)50-2)47-23-21-46(22-24-47)20-12-6-4-3-5-11-19-41-35(48)25-28-13-7-8-14-28/h9-10,15-18,26-28H,3-8,11-14,19-25H2,1-2H3,(H,40,49)(H,41,48)(H2,42,43,44,45). The van der Waals surface area contributed by atoms with Crippen LogP contribution in [0.1, 0.15) is 81.0 Å². The molecule has 3 aromatic rings. The molecule has 0 spiro atoms. The van der Waals surface area contributed by atoms with E-state index in [0.717, 1.165) is 63.5 Å². The zero-order valence-electron chi connectivity index (χ0n) is 29.6. The minimum absolute atomic E-state index is 0.214. The van der Waals surface area contributed by atoms with Gasteiger partial charge >= 0.3 is 0 Å². The highest BCUT2D eigenvalue weighted by atomic mass is 35.5. The van der Waals surface area contributed by atoms with Gasteiger partial charge < -0.3 is 30.9 Å². The maximum atomic E-state index is 12.3. The Morgan fingerprint density at radius 2 is 1.66 bits per heavy atom. The summed E-state index contributed by atoms with van der Waals surface area (Å²) in [5.41, 5.74) is 2.91. The van der Waals surface area contributed by atoms with E-state index in [0.29, 0.717) is 39.7 Å². The fraction of sp³-hybridized carbons (Fsp3) is 0.526. The van der Waals surface area contributed by atoms with E-state index in [1.807, 2.05) is 18.2 Å². The minimum atomic E-state index is -0.214. The Labute approximate surface area is 301 Å². The maximum absolute atomic E-state index is 12.3. The predicted octanol–water partition coefficient (Wildman–Crippen LogP) is 7.14. The molecule has 2 aliphatic rings. The number of carbonyl (C=O) groups excluding carboxylic acids is 2. The lowest BCUT2D eigenvalue weighted by Crippen LogP contribution is -2.46. The number of aromatic nitrogens is 2. The molecule has 1 saturated heterocycles. The number of unbranched alkanes of at least 4 members (excludes halogenated alkanes) is 5. The van der Waals surface area contributed by atoms with Gasteiger partial charge in [0.15, 0.2) is 5.82 Å². The topological polar surface area (TPSA) is 124 Å². The van der Waals surface area contributed by atoms with Crippen molar-refractivity contribution in [3.05, 3.63) is 59.2 Å². The lowest BCUT2D eigenvalue weighted by molar-refractivity contribution is -0.121. The monoisotopic (exact) mass is 704 g/mol. The van der Waals surface area contributed by atoms with Gasteiger partial charge in [0.1, 0.15) is 10.8 Å². The van der Waals surface area contributed by atoms with E-state index in [-0.39, 0.29) is 11.8 Å². The number of piperazine rings is 1. The Morgan fingerprint density at radius 3 is 2.42 bits per heavy atom. The molecule has 270 valence electrons. The fourth-order valence-electron chi connectivity index (χ4n) is 6.84. The van der Waals surface area contributed by atoms with Crippen LogP contribution < -0.4 is 30.9 Å². The molecule has 0 bridgehead atoms. The summed E-state index contributed by atoms with van der Waals surface area (Å²) in [4.78, 5) is 38.3. The Hall–Kier alpha value is -4.09. The van der Waals surface area contributed by atoms with Gasteiger partial charge in [0.2, 0.25) is 11.9 Å². The first-order chi connectivity index (χ1) is 24.4. The molecule has 2 heterocycles. The average molecular weight is 705 g/mol. The van der Waals surface area contributed by atoms with E-state index in [1.165, 1.54) is 64.0 Å². The van der Waals surface area contributed by atoms with E-state index in [1.54, 1.807) is 32.4 Å². The highest BCUT2D eigenvalue weighted by Gasteiger charge is 2.20. The van der Waals surface area contributed by atoms with Gasteiger partial charge in [-0.25, -0.2) is 4.98 Å². The van der Waals surface area contributed by atoms with Crippen LogP contribution in [0.4, 0.5) is 28.8 Å². The van der Waals surface area contributed by atoms with Gasteiger partial charge in [-0.3, -0.25) is 14.5 Å². The number of amides is 2. The molecule has 1 aliphatic heterocycles. The largest absolute Gasteiger partial charge is 0.494 e. The molecule has 5 rings (SSSR count). The number of carbonyl (C=O) groups is 2. The summed E-state index contributed by atoms with van der Waals surface area (Å²) in [6.07, 6.45) is 14.6. The highest BCUT2D eigenvalue weighted by Crippen LogP contribution is 2.33. The van der Waals surface area contributed by atoms with Crippen LogP contribution >= 0.6 is 11.6 Å². The zero-order chi connectivity index (χ0) is 35.1. The number of hydrogen-bond donors (Lipinski definition) is 4. The molecule has 4 N–H and O–H groups in total. The molecule has 0 unspecified atom stereocenters. The number of anilines is 5. The molecule has 50 heavy (non-hydrogen) atoms. The van der Waals surface area contributed by atoms with Gasteiger partial charge in [0.25, 0.3) is 5.91 Å². The third kappa shape index (κ3) is 11.0. The average Bonchev–Trinajstić information content (AvgIpc) is 3.65. The first kappa shape index (κ1) is 37.2. The van der Waals surface area contributed by atoms with Crippen molar-refractivity contribution in [1.29, 1.82) is 0 Å². The summed E-state index contributed by atoms with van der Waals surface area (Å²) in [6, 6.07) is 13.3. The van der Waals surface area contributed by atoms with Crippen LogP contribution in [0.5, 0.6) is 5.75 Å².